The molecule has 29 heavy (non-hydrogen) atoms. The molecular weight excluding hydrogens is 366 g/mol. The van der Waals surface area contributed by atoms with Crippen LogP contribution in [0.1, 0.15) is 24.5 Å². The first kappa shape index (κ1) is 19.2. The van der Waals surface area contributed by atoms with Gasteiger partial charge in [0, 0.05) is 42.8 Å². The van der Waals surface area contributed by atoms with Gasteiger partial charge in [-0.15, -0.1) is 0 Å². The van der Waals surface area contributed by atoms with Crippen LogP contribution in [0.15, 0.2) is 42.6 Å². The van der Waals surface area contributed by atoms with E-state index in [1.807, 2.05) is 11.0 Å². The molecule has 1 aromatic heterocycles. The van der Waals surface area contributed by atoms with E-state index in [2.05, 4.69) is 41.2 Å². The zero-order valence-corrected chi connectivity index (χ0v) is 17.2. The summed E-state index contributed by atoms with van der Waals surface area (Å²) in [5.41, 5.74) is 4.37. The highest BCUT2D eigenvalue weighted by molar-refractivity contribution is 5.93. The van der Waals surface area contributed by atoms with E-state index in [9.17, 15) is 4.79 Å². The molecule has 0 fully saturated rings. The van der Waals surface area contributed by atoms with Crippen LogP contribution < -0.4 is 14.8 Å². The van der Waals surface area contributed by atoms with Crippen molar-refractivity contribution in [3.63, 3.8) is 0 Å². The van der Waals surface area contributed by atoms with Gasteiger partial charge in [-0.2, -0.15) is 0 Å². The Morgan fingerprint density at radius 3 is 2.76 bits per heavy atom. The fourth-order valence-corrected chi connectivity index (χ4v) is 4.09. The van der Waals surface area contributed by atoms with Gasteiger partial charge >= 0.3 is 6.03 Å². The second-order valence-corrected chi connectivity index (χ2v) is 7.33. The summed E-state index contributed by atoms with van der Waals surface area (Å²) in [4.78, 5) is 14.9. The minimum atomic E-state index is -0.139. The number of hydrogen-bond donors (Lipinski definition) is 1. The molecule has 0 spiro atoms. The number of amides is 2. The molecule has 4 rings (SSSR count). The summed E-state index contributed by atoms with van der Waals surface area (Å²) in [7, 11) is 3.19. The first-order valence-electron chi connectivity index (χ1n) is 10.0. The highest BCUT2D eigenvalue weighted by atomic mass is 16.5. The summed E-state index contributed by atoms with van der Waals surface area (Å²) in [6, 6.07) is 11.6. The van der Waals surface area contributed by atoms with Gasteiger partial charge in [-0.3, -0.25) is 0 Å². The van der Waals surface area contributed by atoms with E-state index in [1.54, 1.807) is 26.4 Å². The van der Waals surface area contributed by atoms with Crippen LogP contribution >= 0.6 is 0 Å². The number of anilines is 1. The van der Waals surface area contributed by atoms with E-state index in [0.29, 0.717) is 30.3 Å². The largest absolute Gasteiger partial charge is 0.497 e. The Labute approximate surface area is 171 Å². The van der Waals surface area contributed by atoms with Crippen molar-refractivity contribution >= 4 is 22.6 Å². The van der Waals surface area contributed by atoms with Gasteiger partial charge in [-0.25, -0.2) is 4.79 Å². The quantitative estimate of drug-likeness (QED) is 0.686. The Hall–Kier alpha value is -3.15. The third-order valence-electron chi connectivity index (χ3n) is 5.48. The van der Waals surface area contributed by atoms with Crippen molar-refractivity contribution in [1.29, 1.82) is 0 Å². The molecule has 2 amide bonds. The van der Waals surface area contributed by atoms with Crippen LogP contribution in [0.3, 0.4) is 0 Å². The first-order chi connectivity index (χ1) is 14.1. The second kappa shape index (κ2) is 8.07. The maximum absolute atomic E-state index is 13.1. The minimum absolute atomic E-state index is 0.139. The summed E-state index contributed by atoms with van der Waals surface area (Å²) in [6.45, 7) is 4.45. The number of aryl methyl sites for hydroxylation is 1. The predicted molar refractivity (Wildman–Crippen MR) is 115 cm³/mol. The van der Waals surface area contributed by atoms with Crippen LogP contribution in [0.5, 0.6) is 11.5 Å². The van der Waals surface area contributed by atoms with Gasteiger partial charge in [-0.05, 0) is 42.2 Å². The number of rotatable bonds is 5. The van der Waals surface area contributed by atoms with E-state index in [0.717, 1.165) is 19.4 Å². The van der Waals surface area contributed by atoms with Crippen LogP contribution in [0, 0.1) is 0 Å². The highest BCUT2D eigenvalue weighted by Gasteiger charge is 2.23. The van der Waals surface area contributed by atoms with Crippen molar-refractivity contribution in [2.45, 2.75) is 32.9 Å². The summed E-state index contributed by atoms with van der Waals surface area (Å²) in [5.74, 6) is 1.27. The Morgan fingerprint density at radius 2 is 2.00 bits per heavy atom. The number of nitrogens with one attached hydrogen (secondary N) is 1. The number of methoxy groups -OCH3 is 2. The molecule has 6 nitrogen and oxygen atoms in total. The fraction of sp³-hybridized carbons (Fsp3) is 0.348. The van der Waals surface area contributed by atoms with Gasteiger partial charge in [0.1, 0.15) is 11.5 Å². The molecule has 0 saturated heterocycles. The molecule has 0 unspecified atom stereocenters. The number of carbonyl (C=O) groups excluding carboxylic acids is 1. The number of hydrogen-bond acceptors (Lipinski definition) is 3. The number of aromatic nitrogens is 1. The molecule has 1 aliphatic rings. The van der Waals surface area contributed by atoms with Crippen LogP contribution in [-0.2, 0) is 19.5 Å². The van der Waals surface area contributed by atoms with E-state index < -0.39 is 0 Å². The molecule has 152 valence electrons. The van der Waals surface area contributed by atoms with Gasteiger partial charge in [0.05, 0.1) is 19.9 Å². The molecule has 0 aliphatic carbocycles. The lowest BCUT2D eigenvalue weighted by Gasteiger charge is -2.22. The fourth-order valence-electron chi connectivity index (χ4n) is 4.09. The lowest BCUT2D eigenvalue weighted by molar-refractivity contribution is 0.210. The van der Waals surface area contributed by atoms with Gasteiger partial charge in [0.25, 0.3) is 0 Å². The normalized spacial score (nSPS) is 13.3. The molecule has 3 aromatic rings. The number of ether oxygens (including phenoxy) is 2. The molecular formula is C23H27N3O3. The van der Waals surface area contributed by atoms with Crippen molar-refractivity contribution in [2.75, 3.05) is 26.1 Å². The summed E-state index contributed by atoms with van der Waals surface area (Å²) >= 11 is 0. The van der Waals surface area contributed by atoms with E-state index >= 15 is 0 Å². The highest BCUT2D eigenvalue weighted by Crippen LogP contribution is 2.32. The molecule has 6 heteroatoms. The van der Waals surface area contributed by atoms with Crippen molar-refractivity contribution in [1.82, 2.24) is 9.47 Å². The summed E-state index contributed by atoms with van der Waals surface area (Å²) < 4.78 is 13.0. The third kappa shape index (κ3) is 3.62. The lowest BCUT2D eigenvalue weighted by Crippen LogP contribution is -2.35. The van der Waals surface area contributed by atoms with Crippen molar-refractivity contribution in [2.24, 2.45) is 0 Å². The van der Waals surface area contributed by atoms with Crippen molar-refractivity contribution in [3.8, 4) is 11.5 Å². The molecule has 0 atom stereocenters. The summed E-state index contributed by atoms with van der Waals surface area (Å²) in [6.07, 6.45) is 4.20. The predicted octanol–water partition coefficient (Wildman–Crippen LogP) is 4.66. The molecule has 0 bridgehead atoms. The maximum Gasteiger partial charge on any atom is 0.322 e. The standard InChI is InChI=1S/C23H27N3O3/c1-4-11-25-14-17-10-12-26(15-16-6-5-7-20(25)22(16)17)23(27)24-19-13-18(28-2)8-9-21(19)29-3/h5-9,13-14H,4,10-12,15H2,1-3H3,(H,24,27). The topological polar surface area (TPSA) is 55.7 Å². The maximum atomic E-state index is 13.1. The van der Waals surface area contributed by atoms with Gasteiger partial charge in [0.15, 0.2) is 0 Å². The molecule has 1 N–H and O–H groups in total. The van der Waals surface area contributed by atoms with Gasteiger partial charge < -0.3 is 24.3 Å². The SMILES string of the molecule is CCCn1cc2c3c(cccc31)CN(C(=O)Nc1cc(OC)ccc1OC)CC2. The smallest absolute Gasteiger partial charge is 0.322 e. The summed E-state index contributed by atoms with van der Waals surface area (Å²) in [5, 5.41) is 4.29. The second-order valence-electron chi connectivity index (χ2n) is 7.33. The average molecular weight is 393 g/mol. The zero-order chi connectivity index (χ0) is 20.4. The molecule has 2 heterocycles. The molecule has 1 aliphatic heterocycles. The Kier molecular flexibility index (Phi) is 5.34. The number of benzene rings is 2. The van der Waals surface area contributed by atoms with Crippen LogP contribution in [0.25, 0.3) is 10.9 Å². The number of nitrogens with zero attached hydrogens (tertiary/aromatic N) is 2. The van der Waals surface area contributed by atoms with Crippen molar-refractivity contribution in [3.05, 3.63) is 53.7 Å². The van der Waals surface area contributed by atoms with Gasteiger partial charge in [0.2, 0.25) is 0 Å². The number of urea groups is 1. The van der Waals surface area contributed by atoms with Crippen molar-refractivity contribution < 1.29 is 14.3 Å². The van der Waals surface area contributed by atoms with E-state index in [-0.39, 0.29) is 6.03 Å². The Balaban J connectivity index is 1.60. The Morgan fingerprint density at radius 1 is 1.14 bits per heavy atom. The third-order valence-corrected chi connectivity index (χ3v) is 5.48. The minimum Gasteiger partial charge on any atom is -0.497 e. The Bertz CT molecular complexity index is 1040. The lowest BCUT2D eigenvalue weighted by atomic mass is 10.1. The molecule has 2 aromatic carbocycles. The van der Waals surface area contributed by atoms with Crippen LogP contribution in [0.4, 0.5) is 10.5 Å². The van der Waals surface area contributed by atoms with E-state index in [1.165, 1.54) is 22.0 Å². The number of carbonyl (C=O) groups is 1. The first-order valence-corrected chi connectivity index (χ1v) is 10.0. The van der Waals surface area contributed by atoms with Gasteiger partial charge in [-0.1, -0.05) is 19.1 Å². The zero-order valence-electron chi connectivity index (χ0n) is 17.2. The molecule has 0 saturated carbocycles. The van der Waals surface area contributed by atoms with Crippen LogP contribution in [0.2, 0.25) is 0 Å². The van der Waals surface area contributed by atoms with Crippen LogP contribution in [-0.4, -0.2) is 36.3 Å². The average Bonchev–Trinajstić information content (AvgIpc) is 2.97. The monoisotopic (exact) mass is 393 g/mol. The van der Waals surface area contributed by atoms with E-state index in [4.69, 9.17) is 9.47 Å². The molecule has 0 radical (unpaired) electrons.